The molecule has 112 valence electrons. The summed E-state index contributed by atoms with van der Waals surface area (Å²) in [5, 5.41) is 3.74. The molecule has 1 saturated carbocycles. The van der Waals surface area contributed by atoms with E-state index in [-0.39, 0.29) is 11.7 Å². The Bertz CT molecular complexity index is 782. The van der Waals surface area contributed by atoms with Crippen molar-refractivity contribution in [3.8, 4) is 0 Å². The molecule has 1 aliphatic carbocycles. The molecule has 0 aromatic carbocycles. The maximum Gasteiger partial charge on any atom is 0.169 e. The van der Waals surface area contributed by atoms with Gasteiger partial charge in [-0.3, -0.25) is 9.78 Å². The van der Waals surface area contributed by atoms with Gasteiger partial charge < -0.3 is 0 Å². The lowest BCUT2D eigenvalue weighted by atomic mass is 9.84. The minimum Gasteiger partial charge on any atom is -0.294 e. The van der Waals surface area contributed by atoms with Crippen LogP contribution in [0.15, 0.2) is 24.8 Å². The number of carbonyl (C=O) groups is 1. The summed E-state index contributed by atoms with van der Waals surface area (Å²) < 4.78 is 25.0. The van der Waals surface area contributed by atoms with Crippen molar-refractivity contribution in [3.63, 3.8) is 0 Å². The number of sulfone groups is 1. The first-order valence-electron chi connectivity index (χ1n) is 6.97. The highest BCUT2D eigenvalue weighted by Gasteiger charge is 2.33. The normalized spacial score (nSPS) is 23.3. The van der Waals surface area contributed by atoms with Crippen LogP contribution in [-0.4, -0.2) is 40.3 Å². The third kappa shape index (κ3) is 2.70. The highest BCUT2D eigenvalue weighted by atomic mass is 32.2. The summed E-state index contributed by atoms with van der Waals surface area (Å²) in [6.07, 6.45) is 10.3. The van der Waals surface area contributed by atoms with E-state index < -0.39 is 15.1 Å². The Labute approximate surface area is 123 Å². The van der Waals surface area contributed by atoms with Crippen LogP contribution < -0.4 is 0 Å². The summed E-state index contributed by atoms with van der Waals surface area (Å²) in [6.45, 7) is 0. The van der Waals surface area contributed by atoms with E-state index in [1.807, 2.05) is 0 Å². The number of nitrogens with zero attached hydrogens (tertiary/aromatic N) is 3. The van der Waals surface area contributed by atoms with E-state index in [1.165, 1.54) is 6.26 Å². The average molecular weight is 307 g/mol. The summed E-state index contributed by atoms with van der Waals surface area (Å²) in [6, 6.07) is 0. The molecule has 2 unspecified atom stereocenters. The molecule has 7 heteroatoms. The molecule has 2 heterocycles. The highest BCUT2D eigenvalue weighted by Crippen LogP contribution is 2.31. The fourth-order valence-corrected chi connectivity index (χ4v) is 4.19. The molecule has 0 radical (unpaired) electrons. The molecule has 2 atom stereocenters. The molecule has 0 amide bonds. The first kappa shape index (κ1) is 14.2. The number of hydrogen-bond acceptors (Lipinski definition) is 5. The molecular weight excluding hydrogens is 290 g/mol. The molecule has 0 spiro atoms. The Balaban J connectivity index is 1.88. The van der Waals surface area contributed by atoms with E-state index in [2.05, 4.69) is 10.1 Å². The zero-order valence-electron chi connectivity index (χ0n) is 11.8. The molecule has 0 bridgehead atoms. The van der Waals surface area contributed by atoms with Gasteiger partial charge in [-0.25, -0.2) is 12.9 Å². The van der Waals surface area contributed by atoms with Gasteiger partial charge in [0.2, 0.25) is 0 Å². The van der Waals surface area contributed by atoms with Crippen LogP contribution in [0.1, 0.15) is 36.0 Å². The molecule has 2 aromatic heterocycles. The first-order chi connectivity index (χ1) is 9.97. The Morgan fingerprint density at radius 3 is 2.90 bits per heavy atom. The van der Waals surface area contributed by atoms with Crippen LogP contribution in [0.25, 0.3) is 5.52 Å². The van der Waals surface area contributed by atoms with Crippen LogP contribution in [-0.2, 0) is 9.84 Å². The fourth-order valence-electron chi connectivity index (χ4n) is 3.02. The summed E-state index contributed by atoms with van der Waals surface area (Å²) in [7, 11) is -3.09. The molecule has 0 N–H and O–H groups in total. The minimum atomic E-state index is -3.09. The Morgan fingerprint density at radius 1 is 1.33 bits per heavy atom. The van der Waals surface area contributed by atoms with E-state index in [0.29, 0.717) is 23.9 Å². The standard InChI is InChI=1S/C14H17N3O3S/c1-21(19,20)11-4-2-3-10(7-11)14(18)12-8-16-17-6-5-15-9-13(12)17/h5-6,8-11H,2-4,7H2,1H3. The Morgan fingerprint density at radius 2 is 2.14 bits per heavy atom. The van der Waals surface area contributed by atoms with Crippen LogP contribution >= 0.6 is 0 Å². The van der Waals surface area contributed by atoms with Crippen molar-refractivity contribution in [2.45, 2.75) is 30.9 Å². The number of fused-ring (bicyclic) bond motifs is 1. The molecule has 1 fully saturated rings. The number of Topliss-reactive ketones (excluding diaryl/α,β-unsaturated/α-hetero) is 1. The van der Waals surface area contributed by atoms with E-state index in [1.54, 1.807) is 29.3 Å². The van der Waals surface area contributed by atoms with Crippen molar-refractivity contribution in [3.05, 3.63) is 30.4 Å². The van der Waals surface area contributed by atoms with Crippen LogP contribution in [0.5, 0.6) is 0 Å². The Hall–Kier alpha value is -1.76. The number of ketones is 1. The number of aromatic nitrogens is 3. The maximum atomic E-state index is 12.7. The van der Waals surface area contributed by atoms with Crippen LogP contribution in [0.4, 0.5) is 0 Å². The van der Waals surface area contributed by atoms with Gasteiger partial charge >= 0.3 is 0 Å². The molecule has 0 saturated heterocycles. The lowest BCUT2D eigenvalue weighted by Gasteiger charge is -2.26. The predicted octanol–water partition coefficient (Wildman–Crippen LogP) is 1.52. The van der Waals surface area contributed by atoms with Gasteiger partial charge in [0.25, 0.3) is 0 Å². The quantitative estimate of drug-likeness (QED) is 0.803. The van der Waals surface area contributed by atoms with Gasteiger partial charge in [0.15, 0.2) is 5.78 Å². The zero-order valence-corrected chi connectivity index (χ0v) is 12.6. The van der Waals surface area contributed by atoms with Crippen molar-refractivity contribution in [1.82, 2.24) is 14.6 Å². The molecule has 1 aliphatic rings. The number of rotatable bonds is 3. The van der Waals surface area contributed by atoms with Crippen LogP contribution in [0.3, 0.4) is 0 Å². The minimum absolute atomic E-state index is 0.0219. The largest absolute Gasteiger partial charge is 0.294 e. The second-order valence-electron chi connectivity index (χ2n) is 5.64. The third-order valence-electron chi connectivity index (χ3n) is 4.19. The summed E-state index contributed by atoms with van der Waals surface area (Å²) in [5.74, 6) is -0.266. The smallest absolute Gasteiger partial charge is 0.169 e. The lowest BCUT2D eigenvalue weighted by molar-refractivity contribution is 0.0892. The Kier molecular flexibility index (Phi) is 3.52. The van der Waals surface area contributed by atoms with Gasteiger partial charge in [-0.1, -0.05) is 6.42 Å². The van der Waals surface area contributed by atoms with E-state index in [9.17, 15) is 13.2 Å². The lowest BCUT2D eigenvalue weighted by Crippen LogP contribution is -2.31. The van der Waals surface area contributed by atoms with Crippen molar-refractivity contribution in [2.75, 3.05) is 6.26 Å². The molecular formula is C14H17N3O3S. The van der Waals surface area contributed by atoms with Gasteiger partial charge in [-0.05, 0) is 19.3 Å². The number of carbonyl (C=O) groups excluding carboxylic acids is 1. The molecule has 0 aliphatic heterocycles. The average Bonchev–Trinajstić information content (AvgIpc) is 2.90. The third-order valence-corrected chi connectivity index (χ3v) is 5.83. The topological polar surface area (TPSA) is 81.4 Å². The van der Waals surface area contributed by atoms with Gasteiger partial charge in [0.1, 0.15) is 9.84 Å². The van der Waals surface area contributed by atoms with Crippen molar-refractivity contribution >= 4 is 21.1 Å². The predicted molar refractivity (Wildman–Crippen MR) is 77.9 cm³/mol. The second-order valence-corrected chi connectivity index (χ2v) is 7.97. The molecule has 6 nitrogen and oxygen atoms in total. The van der Waals surface area contributed by atoms with Crippen molar-refractivity contribution < 1.29 is 13.2 Å². The summed E-state index contributed by atoms with van der Waals surface area (Å²) in [4.78, 5) is 16.7. The second kappa shape index (κ2) is 5.22. The van der Waals surface area contributed by atoms with Crippen LogP contribution in [0, 0.1) is 5.92 Å². The van der Waals surface area contributed by atoms with E-state index in [4.69, 9.17) is 0 Å². The molecule has 2 aromatic rings. The zero-order chi connectivity index (χ0) is 15.0. The summed E-state index contributed by atoms with van der Waals surface area (Å²) >= 11 is 0. The van der Waals surface area contributed by atoms with Gasteiger partial charge in [0, 0.05) is 24.6 Å². The van der Waals surface area contributed by atoms with Crippen molar-refractivity contribution in [2.24, 2.45) is 5.92 Å². The van der Waals surface area contributed by atoms with Crippen molar-refractivity contribution in [1.29, 1.82) is 0 Å². The monoisotopic (exact) mass is 307 g/mol. The maximum absolute atomic E-state index is 12.7. The van der Waals surface area contributed by atoms with Gasteiger partial charge in [-0.2, -0.15) is 5.10 Å². The van der Waals surface area contributed by atoms with E-state index in [0.717, 1.165) is 12.8 Å². The SMILES string of the molecule is CS(=O)(=O)C1CCCC(C(=O)c2cnn3ccncc23)C1. The molecule has 3 rings (SSSR count). The molecule has 21 heavy (non-hydrogen) atoms. The van der Waals surface area contributed by atoms with Crippen LogP contribution in [0.2, 0.25) is 0 Å². The summed E-state index contributed by atoms with van der Waals surface area (Å²) in [5.41, 5.74) is 1.20. The number of hydrogen-bond donors (Lipinski definition) is 0. The van der Waals surface area contributed by atoms with E-state index >= 15 is 0 Å². The first-order valence-corrected chi connectivity index (χ1v) is 8.92. The van der Waals surface area contributed by atoms with Gasteiger partial charge in [-0.15, -0.1) is 0 Å². The fraction of sp³-hybridized carbons (Fsp3) is 0.500. The van der Waals surface area contributed by atoms with Gasteiger partial charge in [0.05, 0.1) is 28.7 Å². The highest BCUT2D eigenvalue weighted by molar-refractivity contribution is 7.91.